The van der Waals surface area contributed by atoms with Crippen LogP contribution < -0.4 is 0 Å². The van der Waals surface area contributed by atoms with Crippen LogP contribution in [-0.2, 0) is 0 Å². The van der Waals surface area contributed by atoms with Crippen molar-refractivity contribution in [2.24, 2.45) is 0 Å². The average Bonchev–Trinajstić information content (AvgIpc) is 1.81. The van der Waals surface area contributed by atoms with E-state index < -0.39 is 0 Å². The van der Waals surface area contributed by atoms with Crippen molar-refractivity contribution in [2.75, 3.05) is 0 Å². The van der Waals surface area contributed by atoms with E-state index in [1.807, 2.05) is 0 Å². The van der Waals surface area contributed by atoms with E-state index in [9.17, 15) is 0 Å². The van der Waals surface area contributed by atoms with Crippen molar-refractivity contribution in [1.29, 1.82) is 0 Å². The SMILES string of the molecule is C#CC=C=CC#CC. The van der Waals surface area contributed by atoms with E-state index in [4.69, 9.17) is 6.42 Å². The molecule has 0 amide bonds. The molecule has 0 saturated carbocycles. The summed E-state index contributed by atoms with van der Waals surface area (Å²) >= 11 is 0. The van der Waals surface area contributed by atoms with Crippen LogP contribution in [0.15, 0.2) is 17.9 Å². The Kier molecular flexibility index (Phi) is 4.68. The summed E-state index contributed by atoms with van der Waals surface area (Å²) in [4.78, 5) is 0. The van der Waals surface area contributed by atoms with Gasteiger partial charge in [0.2, 0.25) is 0 Å². The Morgan fingerprint density at radius 1 is 1.38 bits per heavy atom. The van der Waals surface area contributed by atoms with Crippen LogP contribution in [0.3, 0.4) is 0 Å². The molecule has 0 spiro atoms. The van der Waals surface area contributed by atoms with Gasteiger partial charge in [0.05, 0.1) is 0 Å². The van der Waals surface area contributed by atoms with E-state index in [0.29, 0.717) is 0 Å². The summed E-state index contributed by atoms with van der Waals surface area (Å²) in [6.07, 6.45) is 7.93. The Labute approximate surface area is 49.9 Å². The summed E-state index contributed by atoms with van der Waals surface area (Å²) in [5, 5.41) is 0. The molecule has 0 heterocycles. The molecule has 0 nitrogen and oxygen atoms in total. The molecule has 0 fully saturated rings. The Morgan fingerprint density at radius 3 is 2.62 bits per heavy atom. The van der Waals surface area contributed by atoms with E-state index in [-0.39, 0.29) is 0 Å². The third-order valence-corrected chi connectivity index (χ3v) is 0.467. The molecule has 38 valence electrons. The van der Waals surface area contributed by atoms with E-state index in [0.717, 1.165) is 0 Å². The molecule has 0 heteroatoms. The first-order chi connectivity index (χ1) is 3.91. The molecule has 0 aliphatic heterocycles. The summed E-state index contributed by atoms with van der Waals surface area (Å²) in [5.74, 6) is 7.63. The highest BCUT2D eigenvalue weighted by Gasteiger charge is 1.48. The summed E-state index contributed by atoms with van der Waals surface area (Å²) < 4.78 is 0. The van der Waals surface area contributed by atoms with Crippen LogP contribution in [0.2, 0.25) is 0 Å². The number of terminal acetylenes is 1. The van der Waals surface area contributed by atoms with Gasteiger partial charge in [0.25, 0.3) is 0 Å². The minimum absolute atomic E-state index is 1.48. The Bertz CT molecular complexity index is 196. The lowest BCUT2D eigenvalue weighted by Crippen LogP contribution is -1.42. The van der Waals surface area contributed by atoms with Gasteiger partial charge in [0.1, 0.15) is 0 Å². The largest absolute Gasteiger partial charge is 0.115 e. The van der Waals surface area contributed by atoms with Crippen LogP contribution in [0.5, 0.6) is 0 Å². The van der Waals surface area contributed by atoms with Gasteiger partial charge >= 0.3 is 0 Å². The number of rotatable bonds is 0. The fraction of sp³-hybridized carbons (Fsp3) is 0.125. The van der Waals surface area contributed by atoms with Gasteiger partial charge in [-0.2, -0.15) is 0 Å². The molecule has 0 atom stereocenters. The lowest BCUT2D eigenvalue weighted by atomic mass is 10.5. The van der Waals surface area contributed by atoms with E-state index in [1.54, 1.807) is 13.0 Å². The molecule has 0 N–H and O–H groups in total. The molecule has 0 rings (SSSR count). The maximum atomic E-state index is 4.87. The molecular weight excluding hydrogens is 96.1 g/mol. The second-order valence-corrected chi connectivity index (χ2v) is 1.02. The van der Waals surface area contributed by atoms with Crippen LogP contribution in [0.4, 0.5) is 0 Å². The Hall–Kier alpha value is -1.36. The Morgan fingerprint density at radius 2 is 2.12 bits per heavy atom. The molecule has 0 aromatic heterocycles. The minimum Gasteiger partial charge on any atom is -0.115 e. The molecule has 0 radical (unpaired) electrons. The Balaban J connectivity index is 3.82. The van der Waals surface area contributed by atoms with Crippen molar-refractivity contribution < 1.29 is 0 Å². The monoisotopic (exact) mass is 102 g/mol. The third kappa shape index (κ3) is 4.64. The van der Waals surface area contributed by atoms with E-state index in [2.05, 4.69) is 23.5 Å². The second-order valence-electron chi connectivity index (χ2n) is 1.02. The van der Waals surface area contributed by atoms with Crippen LogP contribution >= 0.6 is 0 Å². The summed E-state index contributed by atoms with van der Waals surface area (Å²) in [5.41, 5.74) is 2.68. The summed E-state index contributed by atoms with van der Waals surface area (Å²) in [6, 6.07) is 0. The molecule has 0 saturated heterocycles. The highest BCUT2D eigenvalue weighted by molar-refractivity contribution is 5.17. The molecule has 8 heavy (non-hydrogen) atoms. The van der Waals surface area contributed by atoms with Gasteiger partial charge in [-0.25, -0.2) is 0 Å². The number of hydrogen-bond donors (Lipinski definition) is 0. The quantitative estimate of drug-likeness (QED) is 0.320. The zero-order chi connectivity index (χ0) is 6.24. The van der Waals surface area contributed by atoms with Crippen molar-refractivity contribution in [2.45, 2.75) is 6.92 Å². The molecule has 0 bridgehead atoms. The highest BCUT2D eigenvalue weighted by atomic mass is 13.5. The number of allylic oxidation sites excluding steroid dienone is 1. The van der Waals surface area contributed by atoms with Crippen molar-refractivity contribution >= 4 is 0 Å². The van der Waals surface area contributed by atoms with Crippen LogP contribution in [0.1, 0.15) is 6.92 Å². The van der Waals surface area contributed by atoms with Gasteiger partial charge in [-0.05, 0) is 6.92 Å². The van der Waals surface area contributed by atoms with Crippen LogP contribution in [0.25, 0.3) is 0 Å². The predicted octanol–water partition coefficient (Wildman–Crippen LogP) is 1.35. The zero-order valence-corrected chi connectivity index (χ0v) is 4.73. The zero-order valence-electron chi connectivity index (χ0n) is 4.73. The maximum absolute atomic E-state index is 4.87. The topological polar surface area (TPSA) is 0 Å². The maximum Gasteiger partial charge on any atom is 0.0308 e. The van der Waals surface area contributed by atoms with Crippen molar-refractivity contribution in [3.05, 3.63) is 17.9 Å². The van der Waals surface area contributed by atoms with Crippen molar-refractivity contribution in [3.8, 4) is 24.2 Å². The third-order valence-electron chi connectivity index (χ3n) is 0.467. The van der Waals surface area contributed by atoms with Crippen molar-refractivity contribution in [1.82, 2.24) is 0 Å². The second kappa shape index (κ2) is 5.64. The summed E-state index contributed by atoms with van der Waals surface area (Å²) in [7, 11) is 0. The van der Waals surface area contributed by atoms with E-state index in [1.165, 1.54) is 6.08 Å². The van der Waals surface area contributed by atoms with Crippen molar-refractivity contribution in [3.63, 3.8) is 0 Å². The van der Waals surface area contributed by atoms with Gasteiger partial charge in [-0.15, -0.1) is 18.1 Å². The van der Waals surface area contributed by atoms with Gasteiger partial charge in [-0.3, -0.25) is 0 Å². The molecule has 0 unspecified atom stereocenters. The fourth-order valence-electron chi connectivity index (χ4n) is 0.204. The van der Waals surface area contributed by atoms with E-state index >= 15 is 0 Å². The predicted molar refractivity (Wildman–Crippen MR) is 34.9 cm³/mol. The molecular formula is C8H6. The first-order valence-electron chi connectivity index (χ1n) is 2.19. The lowest BCUT2D eigenvalue weighted by Gasteiger charge is -1.54. The average molecular weight is 102 g/mol. The molecule has 0 aliphatic rings. The molecule has 0 aromatic carbocycles. The summed E-state index contributed by atoms with van der Waals surface area (Å²) in [6.45, 7) is 1.76. The number of hydrogen-bond acceptors (Lipinski definition) is 0. The smallest absolute Gasteiger partial charge is 0.0308 e. The van der Waals surface area contributed by atoms with Crippen LogP contribution in [-0.4, -0.2) is 0 Å². The molecule has 0 aromatic rings. The first-order valence-corrected chi connectivity index (χ1v) is 2.19. The van der Waals surface area contributed by atoms with Gasteiger partial charge < -0.3 is 0 Å². The molecule has 0 aliphatic carbocycles. The highest BCUT2D eigenvalue weighted by Crippen LogP contribution is 1.61. The lowest BCUT2D eigenvalue weighted by molar-refractivity contribution is 1.91. The first kappa shape index (κ1) is 6.64. The van der Waals surface area contributed by atoms with Gasteiger partial charge in [0.15, 0.2) is 0 Å². The minimum atomic E-state index is 1.48. The van der Waals surface area contributed by atoms with Gasteiger partial charge in [-0.1, -0.05) is 11.8 Å². The van der Waals surface area contributed by atoms with Crippen LogP contribution in [0, 0.1) is 24.2 Å². The standard InChI is InChI=1S/C8H6/c1-3-5-7-8-6-4-2/h1,5,8H,2H3. The fourth-order valence-corrected chi connectivity index (χ4v) is 0.204. The van der Waals surface area contributed by atoms with Gasteiger partial charge in [0, 0.05) is 12.2 Å². The normalized spacial score (nSPS) is 4.50.